The van der Waals surface area contributed by atoms with Crippen molar-refractivity contribution in [3.05, 3.63) is 69.2 Å². The van der Waals surface area contributed by atoms with E-state index in [2.05, 4.69) is 15.9 Å². The Kier molecular flexibility index (Phi) is 4.79. The van der Waals surface area contributed by atoms with Crippen molar-refractivity contribution >= 4 is 23.0 Å². The lowest BCUT2D eigenvalue weighted by Gasteiger charge is -2.36. The molecule has 2 aromatic carbocycles. The van der Waals surface area contributed by atoms with Gasteiger partial charge in [0, 0.05) is 55.1 Å². The van der Waals surface area contributed by atoms with Crippen LogP contribution in [0, 0.1) is 10.1 Å². The minimum absolute atomic E-state index is 0.199. The highest BCUT2D eigenvalue weighted by Gasteiger charge is 2.20. The van der Waals surface area contributed by atoms with E-state index >= 15 is 0 Å². The van der Waals surface area contributed by atoms with Crippen LogP contribution < -0.4 is 4.90 Å². The quantitative estimate of drug-likeness (QED) is 0.635. The third kappa shape index (κ3) is 3.81. The Morgan fingerprint density at radius 1 is 1.04 bits per heavy atom. The van der Waals surface area contributed by atoms with E-state index in [0.29, 0.717) is 6.54 Å². The standard InChI is InChI=1S/C17H18ClN3O2/c18-15-5-3-6-16(12-15)20-10-8-19(9-11-20)13-14-4-1-2-7-17(14)21(22)23/h1-7,12H,8-11,13H2. The van der Waals surface area contributed by atoms with Crippen LogP contribution in [0.3, 0.4) is 0 Å². The van der Waals surface area contributed by atoms with E-state index < -0.39 is 0 Å². The van der Waals surface area contributed by atoms with Gasteiger partial charge in [-0.15, -0.1) is 0 Å². The third-order valence-corrected chi connectivity index (χ3v) is 4.36. The maximum Gasteiger partial charge on any atom is 0.273 e. The van der Waals surface area contributed by atoms with Crippen molar-refractivity contribution in [2.45, 2.75) is 6.54 Å². The molecule has 6 heteroatoms. The number of anilines is 1. The summed E-state index contributed by atoms with van der Waals surface area (Å²) in [5.41, 5.74) is 2.10. The van der Waals surface area contributed by atoms with Gasteiger partial charge >= 0.3 is 0 Å². The highest BCUT2D eigenvalue weighted by Crippen LogP contribution is 2.23. The van der Waals surface area contributed by atoms with Crippen molar-refractivity contribution in [1.82, 2.24) is 4.90 Å². The molecule has 0 saturated carbocycles. The number of nitro groups is 1. The Hall–Kier alpha value is -2.11. The molecule has 0 N–H and O–H groups in total. The number of rotatable bonds is 4. The highest BCUT2D eigenvalue weighted by molar-refractivity contribution is 6.30. The second-order valence-electron chi connectivity index (χ2n) is 5.63. The predicted molar refractivity (Wildman–Crippen MR) is 92.0 cm³/mol. The summed E-state index contributed by atoms with van der Waals surface area (Å²) in [7, 11) is 0. The van der Waals surface area contributed by atoms with E-state index in [0.717, 1.165) is 42.5 Å². The molecule has 1 aliphatic rings. The van der Waals surface area contributed by atoms with E-state index in [1.54, 1.807) is 12.1 Å². The van der Waals surface area contributed by atoms with E-state index in [9.17, 15) is 10.1 Å². The molecule has 5 nitrogen and oxygen atoms in total. The molecule has 0 amide bonds. The summed E-state index contributed by atoms with van der Waals surface area (Å²) < 4.78 is 0. The average Bonchev–Trinajstić information content (AvgIpc) is 2.56. The average molecular weight is 332 g/mol. The molecule has 0 bridgehead atoms. The van der Waals surface area contributed by atoms with Crippen LogP contribution in [0.15, 0.2) is 48.5 Å². The number of halogens is 1. The SMILES string of the molecule is O=[N+]([O-])c1ccccc1CN1CCN(c2cccc(Cl)c2)CC1. The van der Waals surface area contributed by atoms with Gasteiger partial charge in [-0.1, -0.05) is 35.9 Å². The zero-order valence-electron chi connectivity index (χ0n) is 12.7. The van der Waals surface area contributed by atoms with Crippen molar-refractivity contribution < 1.29 is 4.92 Å². The summed E-state index contributed by atoms with van der Waals surface area (Å²) in [6.45, 7) is 4.14. The fourth-order valence-corrected chi connectivity index (χ4v) is 3.09. The normalized spacial score (nSPS) is 15.6. The lowest BCUT2D eigenvalue weighted by atomic mass is 10.1. The minimum atomic E-state index is -0.308. The van der Waals surface area contributed by atoms with Crippen LogP contribution in [0.5, 0.6) is 0 Å². The summed E-state index contributed by atoms with van der Waals surface area (Å²) in [6, 6.07) is 14.8. The largest absolute Gasteiger partial charge is 0.369 e. The maximum atomic E-state index is 11.1. The summed E-state index contributed by atoms with van der Waals surface area (Å²) in [6.07, 6.45) is 0. The number of hydrogen-bond acceptors (Lipinski definition) is 4. The van der Waals surface area contributed by atoms with Gasteiger partial charge in [-0.25, -0.2) is 0 Å². The van der Waals surface area contributed by atoms with Gasteiger partial charge in [-0.2, -0.15) is 0 Å². The fourth-order valence-electron chi connectivity index (χ4n) is 2.90. The van der Waals surface area contributed by atoms with Crippen molar-refractivity contribution in [2.75, 3.05) is 31.1 Å². The van der Waals surface area contributed by atoms with Crippen molar-refractivity contribution in [1.29, 1.82) is 0 Å². The number of piperazine rings is 1. The molecule has 1 fully saturated rings. The van der Waals surface area contributed by atoms with Crippen molar-refractivity contribution in [3.8, 4) is 0 Å². The molecule has 3 rings (SSSR count). The molecular weight excluding hydrogens is 314 g/mol. The third-order valence-electron chi connectivity index (χ3n) is 4.13. The Morgan fingerprint density at radius 2 is 1.78 bits per heavy atom. The van der Waals surface area contributed by atoms with Crippen molar-refractivity contribution in [2.24, 2.45) is 0 Å². The van der Waals surface area contributed by atoms with Crippen LogP contribution in [-0.2, 0) is 6.54 Å². The van der Waals surface area contributed by atoms with Crippen LogP contribution in [0.1, 0.15) is 5.56 Å². The molecule has 1 saturated heterocycles. The van der Waals surface area contributed by atoms with Crippen LogP contribution in [0.2, 0.25) is 5.02 Å². The zero-order chi connectivity index (χ0) is 16.2. The summed E-state index contributed by atoms with van der Waals surface area (Å²) in [5, 5.41) is 11.8. The van der Waals surface area contributed by atoms with E-state index in [1.807, 2.05) is 30.3 Å². The molecule has 2 aromatic rings. The smallest absolute Gasteiger partial charge is 0.273 e. The van der Waals surface area contributed by atoms with Gasteiger partial charge in [-0.05, 0) is 18.2 Å². The van der Waals surface area contributed by atoms with Crippen LogP contribution >= 0.6 is 11.6 Å². The molecule has 0 atom stereocenters. The van der Waals surface area contributed by atoms with Crippen LogP contribution in [-0.4, -0.2) is 36.0 Å². The molecule has 23 heavy (non-hydrogen) atoms. The molecule has 1 aliphatic heterocycles. The Labute approximate surface area is 140 Å². The predicted octanol–water partition coefficient (Wildman–Crippen LogP) is 3.57. The minimum Gasteiger partial charge on any atom is -0.369 e. The van der Waals surface area contributed by atoms with E-state index in [-0.39, 0.29) is 10.6 Å². The van der Waals surface area contributed by atoms with Crippen LogP contribution in [0.25, 0.3) is 0 Å². The van der Waals surface area contributed by atoms with E-state index in [1.165, 1.54) is 0 Å². The van der Waals surface area contributed by atoms with E-state index in [4.69, 9.17) is 11.6 Å². The number of nitrogens with zero attached hydrogens (tertiary/aromatic N) is 3. The van der Waals surface area contributed by atoms with Gasteiger partial charge in [0.1, 0.15) is 0 Å². The second kappa shape index (κ2) is 6.98. The number of hydrogen-bond donors (Lipinski definition) is 0. The van der Waals surface area contributed by atoms with Gasteiger partial charge in [0.05, 0.1) is 4.92 Å². The van der Waals surface area contributed by atoms with Gasteiger partial charge in [-0.3, -0.25) is 15.0 Å². The first kappa shape index (κ1) is 15.8. The lowest BCUT2D eigenvalue weighted by Crippen LogP contribution is -2.46. The molecule has 0 unspecified atom stereocenters. The first-order valence-corrected chi connectivity index (χ1v) is 7.96. The van der Waals surface area contributed by atoms with Gasteiger partial charge in [0.15, 0.2) is 0 Å². The first-order valence-electron chi connectivity index (χ1n) is 7.58. The Balaban J connectivity index is 1.63. The zero-order valence-corrected chi connectivity index (χ0v) is 13.4. The number of benzene rings is 2. The molecule has 120 valence electrons. The molecule has 0 radical (unpaired) electrons. The summed E-state index contributed by atoms with van der Waals surface area (Å²) >= 11 is 6.05. The first-order chi connectivity index (χ1) is 11.1. The molecular formula is C17H18ClN3O2. The monoisotopic (exact) mass is 331 g/mol. The molecule has 0 spiro atoms. The maximum absolute atomic E-state index is 11.1. The molecule has 1 heterocycles. The lowest BCUT2D eigenvalue weighted by molar-refractivity contribution is -0.385. The Morgan fingerprint density at radius 3 is 2.48 bits per heavy atom. The van der Waals surface area contributed by atoms with Crippen molar-refractivity contribution in [3.63, 3.8) is 0 Å². The van der Waals surface area contributed by atoms with Gasteiger partial charge in [0.25, 0.3) is 5.69 Å². The summed E-state index contributed by atoms with van der Waals surface area (Å²) in [4.78, 5) is 15.3. The number of nitro benzene ring substituents is 1. The summed E-state index contributed by atoms with van der Waals surface area (Å²) in [5.74, 6) is 0. The fraction of sp³-hybridized carbons (Fsp3) is 0.294. The Bertz CT molecular complexity index is 700. The van der Waals surface area contributed by atoms with Gasteiger partial charge < -0.3 is 4.90 Å². The number of para-hydroxylation sites is 1. The van der Waals surface area contributed by atoms with Crippen LogP contribution in [0.4, 0.5) is 11.4 Å². The second-order valence-corrected chi connectivity index (χ2v) is 6.07. The molecule has 0 aliphatic carbocycles. The molecule has 0 aromatic heterocycles. The topological polar surface area (TPSA) is 49.6 Å². The van der Waals surface area contributed by atoms with Gasteiger partial charge in [0.2, 0.25) is 0 Å². The highest BCUT2D eigenvalue weighted by atomic mass is 35.5.